The molecule has 0 fully saturated rings. The number of carbonyl (C=O) groups excluding carboxylic acids is 2. The zero-order chi connectivity index (χ0) is 16.2. The molecular weight excluding hydrogens is 312 g/mol. The molecule has 2 heterocycles. The van der Waals surface area contributed by atoms with Gasteiger partial charge in [-0.05, 0) is 41.6 Å². The Hall–Kier alpha value is -2.18. The number of methoxy groups -OCH3 is 1. The Morgan fingerprint density at radius 3 is 3.04 bits per heavy atom. The van der Waals surface area contributed by atoms with Gasteiger partial charge >= 0.3 is 5.97 Å². The fourth-order valence-electron chi connectivity index (χ4n) is 2.69. The SMILES string of the molecule is COC(=O)c1cccc(NC(=O)CN2CCc3sccc3C2)c1. The van der Waals surface area contributed by atoms with Crippen molar-refractivity contribution < 1.29 is 14.3 Å². The van der Waals surface area contributed by atoms with Crippen LogP contribution in [0.2, 0.25) is 0 Å². The highest BCUT2D eigenvalue weighted by Gasteiger charge is 2.19. The fourth-order valence-corrected chi connectivity index (χ4v) is 3.58. The molecule has 0 aliphatic carbocycles. The van der Waals surface area contributed by atoms with E-state index in [-0.39, 0.29) is 5.91 Å². The minimum absolute atomic E-state index is 0.0781. The molecule has 0 saturated heterocycles. The highest BCUT2D eigenvalue weighted by Crippen LogP contribution is 2.23. The van der Waals surface area contributed by atoms with Crippen LogP contribution in [0.3, 0.4) is 0 Å². The van der Waals surface area contributed by atoms with Crippen LogP contribution < -0.4 is 5.32 Å². The van der Waals surface area contributed by atoms with Gasteiger partial charge in [0.05, 0.1) is 19.2 Å². The average molecular weight is 330 g/mol. The van der Waals surface area contributed by atoms with E-state index in [1.807, 2.05) is 0 Å². The van der Waals surface area contributed by atoms with Crippen molar-refractivity contribution in [1.82, 2.24) is 4.90 Å². The Balaban J connectivity index is 1.59. The summed E-state index contributed by atoms with van der Waals surface area (Å²) in [5, 5.41) is 4.94. The van der Waals surface area contributed by atoms with Gasteiger partial charge in [0, 0.05) is 23.7 Å². The Kier molecular flexibility index (Phi) is 4.73. The Labute approximate surface area is 138 Å². The van der Waals surface area contributed by atoms with Crippen LogP contribution >= 0.6 is 11.3 Å². The van der Waals surface area contributed by atoms with Gasteiger partial charge in [0.2, 0.25) is 5.91 Å². The minimum atomic E-state index is -0.415. The van der Waals surface area contributed by atoms with Crippen molar-refractivity contribution in [1.29, 1.82) is 0 Å². The van der Waals surface area contributed by atoms with Crippen LogP contribution in [0, 0.1) is 0 Å². The van der Waals surface area contributed by atoms with E-state index in [0.29, 0.717) is 17.8 Å². The number of thiophene rings is 1. The van der Waals surface area contributed by atoms with Crippen molar-refractivity contribution in [3.8, 4) is 0 Å². The molecule has 0 radical (unpaired) electrons. The molecule has 0 bridgehead atoms. The van der Waals surface area contributed by atoms with E-state index in [1.165, 1.54) is 17.6 Å². The van der Waals surface area contributed by atoms with Crippen LogP contribution in [0.15, 0.2) is 35.7 Å². The lowest BCUT2D eigenvalue weighted by molar-refractivity contribution is -0.117. The van der Waals surface area contributed by atoms with Gasteiger partial charge in [-0.25, -0.2) is 4.79 Å². The van der Waals surface area contributed by atoms with Gasteiger partial charge in [-0.3, -0.25) is 9.69 Å². The smallest absolute Gasteiger partial charge is 0.337 e. The Morgan fingerprint density at radius 1 is 1.35 bits per heavy atom. The molecule has 1 aromatic carbocycles. The summed E-state index contributed by atoms with van der Waals surface area (Å²) in [7, 11) is 1.34. The molecule has 1 aromatic heterocycles. The molecule has 2 aromatic rings. The van der Waals surface area contributed by atoms with E-state index in [1.54, 1.807) is 35.6 Å². The van der Waals surface area contributed by atoms with Crippen LogP contribution in [0.5, 0.6) is 0 Å². The van der Waals surface area contributed by atoms with Crippen LogP contribution in [0.4, 0.5) is 5.69 Å². The maximum absolute atomic E-state index is 12.2. The average Bonchev–Trinajstić information content (AvgIpc) is 3.02. The zero-order valence-corrected chi connectivity index (χ0v) is 13.7. The lowest BCUT2D eigenvalue weighted by Gasteiger charge is -2.26. The molecule has 1 aliphatic rings. The van der Waals surface area contributed by atoms with Crippen molar-refractivity contribution in [3.05, 3.63) is 51.7 Å². The number of nitrogens with zero attached hydrogens (tertiary/aromatic N) is 1. The number of ether oxygens (including phenoxy) is 1. The number of hydrogen-bond donors (Lipinski definition) is 1. The lowest BCUT2D eigenvalue weighted by Crippen LogP contribution is -2.36. The number of esters is 1. The molecule has 0 spiro atoms. The van der Waals surface area contributed by atoms with E-state index >= 15 is 0 Å². The zero-order valence-electron chi connectivity index (χ0n) is 12.9. The van der Waals surface area contributed by atoms with Crippen LogP contribution in [0.1, 0.15) is 20.8 Å². The summed E-state index contributed by atoms with van der Waals surface area (Å²) in [6.07, 6.45) is 0.998. The quantitative estimate of drug-likeness (QED) is 0.875. The normalized spacial score (nSPS) is 14.1. The van der Waals surface area contributed by atoms with E-state index in [9.17, 15) is 9.59 Å². The third-order valence-electron chi connectivity index (χ3n) is 3.82. The molecule has 1 amide bonds. The molecule has 23 heavy (non-hydrogen) atoms. The van der Waals surface area contributed by atoms with E-state index in [4.69, 9.17) is 0 Å². The summed E-state index contributed by atoms with van der Waals surface area (Å²) < 4.78 is 4.68. The largest absolute Gasteiger partial charge is 0.465 e. The molecule has 3 rings (SSSR count). The van der Waals surface area contributed by atoms with Crippen molar-refractivity contribution in [2.45, 2.75) is 13.0 Å². The third kappa shape index (κ3) is 3.78. The topological polar surface area (TPSA) is 58.6 Å². The van der Waals surface area contributed by atoms with E-state index < -0.39 is 5.97 Å². The highest BCUT2D eigenvalue weighted by atomic mass is 32.1. The monoisotopic (exact) mass is 330 g/mol. The number of rotatable bonds is 4. The van der Waals surface area contributed by atoms with Crippen molar-refractivity contribution in [3.63, 3.8) is 0 Å². The number of fused-ring (bicyclic) bond motifs is 1. The number of nitrogens with one attached hydrogen (secondary N) is 1. The van der Waals surface area contributed by atoms with Gasteiger partial charge < -0.3 is 10.1 Å². The summed E-state index contributed by atoms with van der Waals surface area (Å²) in [4.78, 5) is 27.3. The third-order valence-corrected chi connectivity index (χ3v) is 4.84. The number of benzene rings is 1. The molecule has 1 N–H and O–H groups in total. The summed E-state index contributed by atoms with van der Waals surface area (Å²) in [6, 6.07) is 8.89. The van der Waals surface area contributed by atoms with Crippen molar-refractivity contribution in [2.75, 3.05) is 25.5 Å². The Bertz CT molecular complexity index is 726. The number of amides is 1. The molecule has 0 saturated carbocycles. The second-order valence-corrected chi connectivity index (χ2v) is 6.45. The van der Waals surface area contributed by atoms with Gasteiger partial charge in [0.15, 0.2) is 0 Å². The second kappa shape index (κ2) is 6.93. The van der Waals surface area contributed by atoms with Gasteiger partial charge in [-0.2, -0.15) is 0 Å². The van der Waals surface area contributed by atoms with Crippen molar-refractivity contribution >= 4 is 28.9 Å². The van der Waals surface area contributed by atoms with Gasteiger partial charge in [0.1, 0.15) is 0 Å². The second-order valence-electron chi connectivity index (χ2n) is 5.45. The van der Waals surface area contributed by atoms with Gasteiger partial charge in [-0.1, -0.05) is 6.07 Å². The number of carbonyl (C=O) groups is 2. The molecule has 120 valence electrons. The minimum Gasteiger partial charge on any atom is -0.465 e. The molecular formula is C17H18N2O3S. The fraction of sp³-hybridized carbons (Fsp3) is 0.294. The summed E-state index contributed by atoms with van der Waals surface area (Å²) in [5.41, 5.74) is 2.35. The standard InChI is InChI=1S/C17H18N2O3S/c1-22-17(21)12-3-2-4-14(9-12)18-16(20)11-19-7-5-15-13(10-19)6-8-23-15/h2-4,6,8-9H,5,7,10-11H2,1H3,(H,18,20). The molecule has 5 nitrogen and oxygen atoms in total. The first-order valence-corrected chi connectivity index (χ1v) is 8.29. The summed E-state index contributed by atoms with van der Waals surface area (Å²) in [6.45, 7) is 2.05. The first-order chi connectivity index (χ1) is 11.2. The summed E-state index contributed by atoms with van der Waals surface area (Å²) in [5.74, 6) is -0.493. The number of hydrogen-bond acceptors (Lipinski definition) is 5. The number of anilines is 1. The molecule has 1 aliphatic heterocycles. The van der Waals surface area contributed by atoms with E-state index in [0.717, 1.165) is 19.5 Å². The summed E-state index contributed by atoms with van der Waals surface area (Å²) >= 11 is 1.78. The lowest BCUT2D eigenvalue weighted by atomic mass is 10.1. The first kappa shape index (κ1) is 15.7. The molecule has 6 heteroatoms. The van der Waals surface area contributed by atoms with Gasteiger partial charge in [0.25, 0.3) is 0 Å². The van der Waals surface area contributed by atoms with Crippen molar-refractivity contribution in [2.24, 2.45) is 0 Å². The van der Waals surface area contributed by atoms with Crippen LogP contribution in [-0.4, -0.2) is 37.0 Å². The Morgan fingerprint density at radius 2 is 2.22 bits per heavy atom. The van der Waals surface area contributed by atoms with Crippen LogP contribution in [-0.2, 0) is 22.5 Å². The maximum Gasteiger partial charge on any atom is 0.337 e. The van der Waals surface area contributed by atoms with Crippen LogP contribution in [0.25, 0.3) is 0 Å². The maximum atomic E-state index is 12.2. The predicted octanol–water partition coefficient (Wildman–Crippen LogP) is 2.53. The molecule has 0 atom stereocenters. The first-order valence-electron chi connectivity index (χ1n) is 7.41. The molecule has 0 unspecified atom stereocenters. The predicted molar refractivity (Wildman–Crippen MR) is 89.7 cm³/mol. The van der Waals surface area contributed by atoms with Gasteiger partial charge in [-0.15, -0.1) is 11.3 Å². The van der Waals surface area contributed by atoms with E-state index in [2.05, 4.69) is 26.4 Å². The highest BCUT2D eigenvalue weighted by molar-refractivity contribution is 7.10.